The molecule has 0 saturated heterocycles. The molecule has 1 amide bonds. The number of phenols is 1. The molecule has 1 aromatic heterocycles. The molecule has 116 valence electrons. The minimum Gasteiger partial charge on any atom is -0.508 e. The molecule has 2 rings (SSSR count). The SMILES string of the molecule is Cc1cc(C)nc(NCCCC(=O)Nc2ccc(O)cc2)n1. The van der Waals surface area contributed by atoms with E-state index in [1.54, 1.807) is 12.1 Å². The maximum absolute atomic E-state index is 11.8. The van der Waals surface area contributed by atoms with Crippen molar-refractivity contribution >= 4 is 17.5 Å². The van der Waals surface area contributed by atoms with E-state index in [1.165, 1.54) is 12.1 Å². The lowest BCUT2D eigenvalue weighted by molar-refractivity contribution is -0.116. The number of hydrogen-bond acceptors (Lipinski definition) is 5. The number of aromatic hydroxyl groups is 1. The first-order valence-corrected chi connectivity index (χ1v) is 7.18. The number of hydrogen-bond donors (Lipinski definition) is 3. The van der Waals surface area contributed by atoms with E-state index in [0.717, 1.165) is 11.4 Å². The van der Waals surface area contributed by atoms with Gasteiger partial charge in [-0.25, -0.2) is 9.97 Å². The third-order valence-corrected chi connectivity index (χ3v) is 3.00. The summed E-state index contributed by atoms with van der Waals surface area (Å²) >= 11 is 0. The molecule has 6 nitrogen and oxygen atoms in total. The molecule has 0 unspecified atom stereocenters. The number of aromatic nitrogens is 2. The van der Waals surface area contributed by atoms with E-state index in [1.807, 2.05) is 19.9 Å². The average molecular weight is 300 g/mol. The number of nitrogens with zero attached hydrogens (tertiary/aromatic N) is 2. The summed E-state index contributed by atoms with van der Waals surface area (Å²) < 4.78 is 0. The molecular formula is C16H20N4O2. The van der Waals surface area contributed by atoms with Crippen molar-refractivity contribution in [2.75, 3.05) is 17.2 Å². The topological polar surface area (TPSA) is 87.1 Å². The van der Waals surface area contributed by atoms with Gasteiger partial charge in [-0.2, -0.15) is 0 Å². The van der Waals surface area contributed by atoms with E-state index < -0.39 is 0 Å². The van der Waals surface area contributed by atoms with Crippen LogP contribution in [0.25, 0.3) is 0 Å². The molecule has 0 aliphatic heterocycles. The van der Waals surface area contributed by atoms with Gasteiger partial charge in [-0.15, -0.1) is 0 Å². The minimum atomic E-state index is -0.0613. The number of nitrogens with one attached hydrogen (secondary N) is 2. The van der Waals surface area contributed by atoms with E-state index in [2.05, 4.69) is 20.6 Å². The van der Waals surface area contributed by atoms with Crippen LogP contribution in [0, 0.1) is 13.8 Å². The molecule has 22 heavy (non-hydrogen) atoms. The molecule has 0 saturated carbocycles. The molecule has 0 aliphatic rings. The van der Waals surface area contributed by atoms with E-state index in [0.29, 0.717) is 31.0 Å². The van der Waals surface area contributed by atoms with Crippen LogP contribution in [0.3, 0.4) is 0 Å². The Morgan fingerprint density at radius 1 is 1.14 bits per heavy atom. The summed E-state index contributed by atoms with van der Waals surface area (Å²) in [6.07, 6.45) is 1.08. The number of amides is 1. The van der Waals surface area contributed by atoms with Crippen molar-refractivity contribution in [2.24, 2.45) is 0 Å². The number of carbonyl (C=O) groups is 1. The maximum atomic E-state index is 11.8. The Hall–Kier alpha value is -2.63. The largest absolute Gasteiger partial charge is 0.508 e. The summed E-state index contributed by atoms with van der Waals surface area (Å²) in [5.41, 5.74) is 2.51. The number of phenolic OH excluding ortho intramolecular Hbond substituents is 1. The van der Waals surface area contributed by atoms with E-state index in [4.69, 9.17) is 0 Å². The highest BCUT2D eigenvalue weighted by Gasteiger charge is 2.03. The number of aryl methyl sites for hydroxylation is 2. The summed E-state index contributed by atoms with van der Waals surface area (Å²) in [5.74, 6) is 0.709. The van der Waals surface area contributed by atoms with Crippen LogP contribution in [0.2, 0.25) is 0 Å². The van der Waals surface area contributed by atoms with Crippen LogP contribution < -0.4 is 10.6 Å². The van der Waals surface area contributed by atoms with Crippen LogP contribution in [-0.2, 0) is 4.79 Å². The quantitative estimate of drug-likeness (QED) is 0.564. The normalized spacial score (nSPS) is 10.3. The highest BCUT2D eigenvalue weighted by atomic mass is 16.3. The van der Waals surface area contributed by atoms with Crippen LogP contribution in [-0.4, -0.2) is 27.5 Å². The van der Waals surface area contributed by atoms with Crippen LogP contribution in [0.5, 0.6) is 5.75 Å². The Balaban J connectivity index is 1.71. The van der Waals surface area contributed by atoms with Crippen molar-refractivity contribution in [1.29, 1.82) is 0 Å². The van der Waals surface area contributed by atoms with Crippen molar-refractivity contribution in [1.82, 2.24) is 9.97 Å². The van der Waals surface area contributed by atoms with Gasteiger partial charge in [-0.3, -0.25) is 4.79 Å². The summed E-state index contributed by atoms with van der Waals surface area (Å²) in [6.45, 7) is 4.47. The molecular weight excluding hydrogens is 280 g/mol. The first-order valence-electron chi connectivity index (χ1n) is 7.18. The lowest BCUT2D eigenvalue weighted by Gasteiger charge is -2.07. The van der Waals surface area contributed by atoms with Crippen molar-refractivity contribution in [2.45, 2.75) is 26.7 Å². The second-order valence-electron chi connectivity index (χ2n) is 5.10. The van der Waals surface area contributed by atoms with Crippen molar-refractivity contribution in [3.05, 3.63) is 41.7 Å². The van der Waals surface area contributed by atoms with Gasteiger partial charge in [0.25, 0.3) is 0 Å². The van der Waals surface area contributed by atoms with Gasteiger partial charge in [0.2, 0.25) is 11.9 Å². The Bertz CT molecular complexity index is 621. The monoisotopic (exact) mass is 300 g/mol. The summed E-state index contributed by atoms with van der Waals surface area (Å²) in [6, 6.07) is 8.31. The fourth-order valence-corrected chi connectivity index (χ4v) is 2.02. The predicted octanol–water partition coefficient (Wildman–Crippen LogP) is 2.63. The van der Waals surface area contributed by atoms with E-state index >= 15 is 0 Å². The van der Waals surface area contributed by atoms with E-state index in [9.17, 15) is 9.90 Å². The summed E-state index contributed by atoms with van der Waals surface area (Å²) in [7, 11) is 0. The lowest BCUT2D eigenvalue weighted by Crippen LogP contribution is -2.14. The molecule has 1 aromatic carbocycles. The molecule has 1 heterocycles. The second kappa shape index (κ2) is 7.40. The van der Waals surface area contributed by atoms with Gasteiger partial charge in [0.15, 0.2) is 0 Å². The van der Waals surface area contributed by atoms with Gasteiger partial charge in [-0.1, -0.05) is 0 Å². The standard InChI is InChI=1S/C16H20N4O2/c1-11-10-12(2)19-16(18-11)17-9-3-4-15(22)20-13-5-7-14(21)8-6-13/h5-8,10,21H,3-4,9H2,1-2H3,(H,20,22)(H,17,18,19). The summed E-state index contributed by atoms with van der Waals surface area (Å²) in [4.78, 5) is 20.3. The van der Waals surface area contributed by atoms with Crippen molar-refractivity contribution in [3.63, 3.8) is 0 Å². The highest BCUT2D eigenvalue weighted by molar-refractivity contribution is 5.90. The Morgan fingerprint density at radius 3 is 2.41 bits per heavy atom. The zero-order valence-electron chi connectivity index (χ0n) is 12.8. The van der Waals surface area contributed by atoms with Crippen LogP contribution in [0.15, 0.2) is 30.3 Å². The smallest absolute Gasteiger partial charge is 0.224 e. The average Bonchev–Trinajstić information content (AvgIpc) is 2.45. The fourth-order valence-electron chi connectivity index (χ4n) is 2.02. The zero-order chi connectivity index (χ0) is 15.9. The number of rotatable bonds is 6. The van der Waals surface area contributed by atoms with Crippen LogP contribution in [0.1, 0.15) is 24.2 Å². The number of benzene rings is 1. The van der Waals surface area contributed by atoms with Gasteiger partial charge in [0, 0.05) is 30.0 Å². The van der Waals surface area contributed by atoms with Gasteiger partial charge < -0.3 is 15.7 Å². The van der Waals surface area contributed by atoms with Gasteiger partial charge >= 0.3 is 0 Å². The van der Waals surface area contributed by atoms with Gasteiger partial charge in [0.1, 0.15) is 5.75 Å². The first-order chi connectivity index (χ1) is 10.5. The molecule has 0 fully saturated rings. The van der Waals surface area contributed by atoms with Crippen molar-refractivity contribution in [3.8, 4) is 5.75 Å². The van der Waals surface area contributed by atoms with Crippen LogP contribution >= 0.6 is 0 Å². The molecule has 0 atom stereocenters. The van der Waals surface area contributed by atoms with Crippen LogP contribution in [0.4, 0.5) is 11.6 Å². The third-order valence-electron chi connectivity index (χ3n) is 3.00. The minimum absolute atomic E-state index is 0.0613. The third kappa shape index (κ3) is 5.05. The Morgan fingerprint density at radius 2 is 1.77 bits per heavy atom. The number of carbonyl (C=O) groups excluding carboxylic acids is 1. The molecule has 6 heteroatoms. The van der Waals surface area contributed by atoms with Gasteiger partial charge in [-0.05, 0) is 50.6 Å². The second-order valence-corrected chi connectivity index (χ2v) is 5.10. The van der Waals surface area contributed by atoms with E-state index in [-0.39, 0.29) is 11.7 Å². The maximum Gasteiger partial charge on any atom is 0.224 e. The predicted molar refractivity (Wildman–Crippen MR) is 86.0 cm³/mol. The Labute approximate surface area is 129 Å². The first kappa shape index (κ1) is 15.8. The molecule has 0 bridgehead atoms. The zero-order valence-corrected chi connectivity index (χ0v) is 12.8. The molecule has 0 radical (unpaired) electrons. The molecule has 3 N–H and O–H groups in total. The number of anilines is 2. The molecule has 0 aliphatic carbocycles. The Kier molecular flexibility index (Phi) is 5.30. The van der Waals surface area contributed by atoms with Gasteiger partial charge in [0.05, 0.1) is 0 Å². The fraction of sp³-hybridized carbons (Fsp3) is 0.312. The highest BCUT2D eigenvalue weighted by Crippen LogP contribution is 2.14. The lowest BCUT2D eigenvalue weighted by atomic mass is 10.2. The summed E-state index contributed by atoms with van der Waals surface area (Å²) in [5, 5.41) is 15.1. The molecule has 2 aromatic rings. The molecule has 0 spiro atoms. The van der Waals surface area contributed by atoms with Crippen molar-refractivity contribution < 1.29 is 9.90 Å².